The number of fused-ring (bicyclic) bond motifs is 1. The number of nitrogens with zero attached hydrogens (tertiary/aromatic N) is 3. The number of amides is 2. The molecule has 3 rings (SSSR count). The van der Waals surface area contributed by atoms with E-state index in [2.05, 4.69) is 26.2 Å². The van der Waals surface area contributed by atoms with Crippen LogP contribution in [0.2, 0.25) is 0 Å². The first-order chi connectivity index (χ1) is 13.9. The third-order valence-electron chi connectivity index (χ3n) is 4.71. The molecule has 0 aliphatic heterocycles. The zero-order valence-corrected chi connectivity index (χ0v) is 17.1. The number of nitrogens with one attached hydrogen (secondary N) is 3. The summed E-state index contributed by atoms with van der Waals surface area (Å²) in [5.74, 6) is 0.0496. The van der Waals surface area contributed by atoms with Crippen LogP contribution in [0.3, 0.4) is 0 Å². The van der Waals surface area contributed by atoms with Crippen molar-refractivity contribution in [1.29, 1.82) is 0 Å². The predicted octanol–water partition coefficient (Wildman–Crippen LogP) is 2.44. The number of carbonyl (C=O) groups excluding carboxylic acids is 2. The molecular formula is C20H24N6O3. The van der Waals surface area contributed by atoms with Gasteiger partial charge >= 0.3 is 0 Å². The molecule has 29 heavy (non-hydrogen) atoms. The van der Waals surface area contributed by atoms with E-state index in [-0.39, 0.29) is 11.8 Å². The van der Waals surface area contributed by atoms with Gasteiger partial charge in [-0.1, -0.05) is 6.07 Å². The fraction of sp³-hybridized carbons (Fsp3) is 0.300. The molecule has 9 nitrogen and oxygen atoms in total. The molecule has 0 aliphatic carbocycles. The first kappa shape index (κ1) is 20.3. The Kier molecular flexibility index (Phi) is 5.79. The lowest BCUT2D eigenvalue weighted by atomic mass is 10.1. The minimum atomic E-state index is -0.350. The van der Waals surface area contributed by atoms with E-state index in [0.717, 1.165) is 16.8 Å². The summed E-state index contributed by atoms with van der Waals surface area (Å²) in [5.41, 5.74) is 7.20. The van der Waals surface area contributed by atoms with E-state index < -0.39 is 0 Å². The van der Waals surface area contributed by atoms with Crippen LogP contribution < -0.4 is 16.1 Å². The fourth-order valence-electron chi connectivity index (χ4n) is 3.29. The van der Waals surface area contributed by atoms with Gasteiger partial charge in [-0.3, -0.25) is 14.4 Å². The number of hydrogen-bond donors (Lipinski definition) is 3. The van der Waals surface area contributed by atoms with Crippen molar-refractivity contribution in [2.24, 2.45) is 0 Å². The van der Waals surface area contributed by atoms with Crippen molar-refractivity contribution in [3.05, 3.63) is 52.5 Å². The highest BCUT2D eigenvalue weighted by Gasteiger charge is 2.22. The Morgan fingerprint density at radius 3 is 2.62 bits per heavy atom. The van der Waals surface area contributed by atoms with Gasteiger partial charge in [-0.05, 0) is 51.0 Å². The molecule has 3 N–H and O–H groups in total. The van der Waals surface area contributed by atoms with Crippen molar-refractivity contribution >= 4 is 28.8 Å². The summed E-state index contributed by atoms with van der Waals surface area (Å²) in [6, 6.07) is 5.27. The molecule has 0 saturated carbocycles. The van der Waals surface area contributed by atoms with Gasteiger partial charge in [0.2, 0.25) is 0 Å². The number of hydrogen-bond acceptors (Lipinski definition) is 6. The van der Waals surface area contributed by atoms with E-state index in [9.17, 15) is 9.59 Å². The minimum absolute atomic E-state index is 0.145. The maximum absolute atomic E-state index is 12.5. The van der Waals surface area contributed by atoms with Crippen LogP contribution in [-0.2, 0) is 4.84 Å². The van der Waals surface area contributed by atoms with Crippen molar-refractivity contribution in [2.75, 3.05) is 19.0 Å². The zero-order valence-electron chi connectivity index (χ0n) is 17.1. The van der Waals surface area contributed by atoms with E-state index in [1.807, 2.05) is 33.8 Å². The van der Waals surface area contributed by atoms with Crippen molar-refractivity contribution in [3.8, 4) is 0 Å². The van der Waals surface area contributed by atoms with Crippen LogP contribution in [0.5, 0.6) is 0 Å². The second kappa shape index (κ2) is 8.27. The molecule has 0 bridgehead atoms. The topological polar surface area (TPSA) is 110 Å². The molecule has 0 aliphatic rings. The molecule has 0 fully saturated rings. The van der Waals surface area contributed by atoms with E-state index in [1.165, 1.54) is 13.4 Å². The van der Waals surface area contributed by atoms with Crippen molar-refractivity contribution in [3.63, 3.8) is 0 Å². The summed E-state index contributed by atoms with van der Waals surface area (Å²) in [6.07, 6.45) is 1.43. The molecule has 3 aromatic rings. The Labute approximate surface area is 168 Å². The van der Waals surface area contributed by atoms with Crippen LogP contribution in [0.4, 0.5) is 11.5 Å². The highest BCUT2D eigenvalue weighted by atomic mass is 16.6. The van der Waals surface area contributed by atoms with Gasteiger partial charge in [-0.15, -0.1) is 0 Å². The average molecular weight is 396 g/mol. The average Bonchev–Trinajstić information content (AvgIpc) is 2.95. The van der Waals surface area contributed by atoms with Crippen molar-refractivity contribution < 1.29 is 14.4 Å². The number of aromatic nitrogens is 3. The van der Waals surface area contributed by atoms with Gasteiger partial charge in [0, 0.05) is 17.8 Å². The van der Waals surface area contributed by atoms with E-state index in [0.29, 0.717) is 34.7 Å². The quantitative estimate of drug-likeness (QED) is 0.552. The molecule has 0 saturated heterocycles. The number of benzene rings is 1. The van der Waals surface area contributed by atoms with Crippen LogP contribution in [-0.4, -0.2) is 40.1 Å². The summed E-state index contributed by atoms with van der Waals surface area (Å²) in [5, 5.41) is 10.4. The minimum Gasteiger partial charge on any atom is -0.352 e. The lowest BCUT2D eigenvalue weighted by Crippen LogP contribution is -2.23. The van der Waals surface area contributed by atoms with Gasteiger partial charge < -0.3 is 10.6 Å². The van der Waals surface area contributed by atoms with Gasteiger partial charge in [0.15, 0.2) is 5.82 Å². The Morgan fingerprint density at radius 2 is 1.93 bits per heavy atom. The molecule has 0 unspecified atom stereocenters. The summed E-state index contributed by atoms with van der Waals surface area (Å²) in [7, 11) is 1.38. The van der Waals surface area contributed by atoms with Crippen LogP contribution >= 0.6 is 0 Å². The van der Waals surface area contributed by atoms with Gasteiger partial charge in [-0.2, -0.15) is 5.10 Å². The monoisotopic (exact) mass is 396 g/mol. The maximum atomic E-state index is 12.5. The molecule has 2 aromatic heterocycles. The smallest absolute Gasteiger partial charge is 0.274 e. The Morgan fingerprint density at radius 1 is 1.17 bits per heavy atom. The van der Waals surface area contributed by atoms with Gasteiger partial charge in [0.25, 0.3) is 11.8 Å². The molecule has 1 aromatic carbocycles. The van der Waals surface area contributed by atoms with Crippen LogP contribution in [0.15, 0.2) is 24.5 Å². The van der Waals surface area contributed by atoms with Crippen LogP contribution in [0.1, 0.15) is 44.5 Å². The molecule has 0 atom stereocenters. The van der Waals surface area contributed by atoms with Crippen LogP contribution in [0, 0.1) is 20.8 Å². The zero-order chi connectivity index (χ0) is 21.1. The summed E-state index contributed by atoms with van der Waals surface area (Å²) in [4.78, 5) is 33.7. The number of anilines is 2. The molecular weight excluding hydrogens is 372 g/mol. The van der Waals surface area contributed by atoms with Gasteiger partial charge in [0.1, 0.15) is 11.8 Å². The standard InChI is InChI=1S/C20H24N6O3/c1-6-21-20(28)16-12(3)17-18(22-10-23-26(17)13(16)4)24-15-9-14(8-7-11(15)2)19(27)25-29-5/h7-10H,6H2,1-5H3,(H,21,28)(H,25,27)(H,22,23,24). The third kappa shape index (κ3) is 3.77. The van der Waals surface area contributed by atoms with Gasteiger partial charge in [0.05, 0.1) is 18.4 Å². The summed E-state index contributed by atoms with van der Waals surface area (Å²) < 4.78 is 1.70. The largest absolute Gasteiger partial charge is 0.352 e. The van der Waals surface area contributed by atoms with E-state index >= 15 is 0 Å². The van der Waals surface area contributed by atoms with E-state index in [1.54, 1.807) is 16.6 Å². The number of hydroxylamine groups is 1. The number of aryl methyl sites for hydroxylation is 3. The third-order valence-corrected chi connectivity index (χ3v) is 4.71. The molecule has 2 amide bonds. The first-order valence-corrected chi connectivity index (χ1v) is 9.21. The van der Waals surface area contributed by atoms with Crippen molar-refractivity contribution in [1.82, 2.24) is 25.4 Å². The Balaban J connectivity index is 2.08. The maximum Gasteiger partial charge on any atom is 0.274 e. The van der Waals surface area contributed by atoms with E-state index in [4.69, 9.17) is 4.84 Å². The molecule has 0 radical (unpaired) electrons. The van der Waals surface area contributed by atoms with Crippen molar-refractivity contribution in [2.45, 2.75) is 27.7 Å². The Bertz CT molecular complexity index is 1090. The molecule has 0 spiro atoms. The van der Waals surface area contributed by atoms with Gasteiger partial charge in [-0.25, -0.2) is 15.0 Å². The second-order valence-electron chi connectivity index (χ2n) is 6.60. The lowest BCUT2D eigenvalue weighted by molar-refractivity contribution is 0.0537. The lowest BCUT2D eigenvalue weighted by Gasteiger charge is -2.12. The fourth-order valence-corrected chi connectivity index (χ4v) is 3.29. The molecule has 9 heteroatoms. The van der Waals surface area contributed by atoms with Crippen LogP contribution in [0.25, 0.3) is 5.52 Å². The highest BCUT2D eigenvalue weighted by molar-refractivity contribution is 6.01. The summed E-state index contributed by atoms with van der Waals surface area (Å²) in [6.45, 7) is 8.06. The number of rotatable bonds is 6. The number of carbonyl (C=O) groups is 2. The highest BCUT2D eigenvalue weighted by Crippen LogP contribution is 2.29. The Hall–Kier alpha value is -3.46. The predicted molar refractivity (Wildman–Crippen MR) is 109 cm³/mol. The summed E-state index contributed by atoms with van der Waals surface area (Å²) >= 11 is 0. The molecule has 152 valence electrons. The molecule has 2 heterocycles. The first-order valence-electron chi connectivity index (χ1n) is 9.21. The SMILES string of the molecule is CCNC(=O)c1c(C)c2c(Nc3cc(C(=O)NOC)ccc3C)ncnn2c1C. The second-order valence-corrected chi connectivity index (χ2v) is 6.60. The normalized spacial score (nSPS) is 10.8.